The van der Waals surface area contributed by atoms with E-state index < -0.39 is 0 Å². The van der Waals surface area contributed by atoms with Crippen LogP contribution in [0.25, 0.3) is 11.4 Å². The molecule has 4 nitrogen and oxygen atoms in total. The van der Waals surface area contributed by atoms with Crippen LogP contribution < -0.4 is 10.3 Å². The molecular formula is C15H16BrIN2O2. The zero-order valence-electron chi connectivity index (χ0n) is 12.0. The molecule has 21 heavy (non-hydrogen) atoms. The Labute approximate surface area is 145 Å². The quantitative estimate of drug-likeness (QED) is 0.698. The molecule has 0 unspecified atom stereocenters. The Bertz CT molecular complexity index is 713. The van der Waals surface area contributed by atoms with Gasteiger partial charge < -0.3 is 9.72 Å². The van der Waals surface area contributed by atoms with Gasteiger partial charge in [-0.3, -0.25) is 4.79 Å². The molecule has 0 fully saturated rings. The molecule has 0 saturated carbocycles. The molecule has 1 heterocycles. The van der Waals surface area contributed by atoms with Crippen molar-refractivity contribution in [3.63, 3.8) is 0 Å². The fourth-order valence-corrected chi connectivity index (χ4v) is 2.99. The minimum atomic E-state index is -0.0943. The molecule has 0 bridgehead atoms. The molecule has 1 aromatic heterocycles. The number of rotatable bonds is 4. The van der Waals surface area contributed by atoms with Gasteiger partial charge in [-0.1, -0.05) is 13.8 Å². The molecule has 0 aliphatic rings. The number of halogens is 2. The Hall–Kier alpha value is -0.890. The van der Waals surface area contributed by atoms with E-state index >= 15 is 0 Å². The lowest BCUT2D eigenvalue weighted by Gasteiger charge is -2.10. The zero-order valence-corrected chi connectivity index (χ0v) is 15.8. The molecule has 112 valence electrons. The normalized spacial score (nSPS) is 11.0. The van der Waals surface area contributed by atoms with E-state index in [1.165, 1.54) is 0 Å². The molecule has 0 amide bonds. The Balaban J connectivity index is 2.51. The minimum absolute atomic E-state index is 0.0943. The van der Waals surface area contributed by atoms with Gasteiger partial charge in [0.2, 0.25) is 0 Å². The molecule has 0 radical (unpaired) electrons. The first-order valence-corrected chi connectivity index (χ1v) is 8.42. The summed E-state index contributed by atoms with van der Waals surface area (Å²) < 4.78 is 6.71. The Morgan fingerprint density at radius 3 is 2.71 bits per heavy atom. The number of nitrogens with one attached hydrogen (secondary N) is 1. The molecule has 2 aromatic rings. The van der Waals surface area contributed by atoms with E-state index in [1.807, 2.05) is 18.2 Å². The fraction of sp³-hybridized carbons (Fsp3) is 0.333. The van der Waals surface area contributed by atoms with E-state index in [4.69, 9.17) is 4.74 Å². The van der Waals surface area contributed by atoms with E-state index in [-0.39, 0.29) is 5.56 Å². The van der Waals surface area contributed by atoms with Crippen molar-refractivity contribution in [3.8, 4) is 17.1 Å². The van der Waals surface area contributed by atoms with Crippen LogP contribution in [-0.4, -0.2) is 17.1 Å². The van der Waals surface area contributed by atoms with Crippen molar-refractivity contribution in [2.75, 3.05) is 7.11 Å². The fourth-order valence-electron chi connectivity index (χ4n) is 1.98. The highest BCUT2D eigenvalue weighted by molar-refractivity contribution is 14.1. The number of methoxy groups -OCH3 is 1. The van der Waals surface area contributed by atoms with E-state index in [9.17, 15) is 4.79 Å². The summed E-state index contributed by atoms with van der Waals surface area (Å²) in [5.74, 6) is 1.77. The molecule has 0 atom stereocenters. The predicted octanol–water partition coefficient (Wildman–Crippen LogP) is 4.01. The highest BCUT2D eigenvalue weighted by atomic mass is 127. The smallest absolute Gasteiger partial charge is 0.264 e. The first-order chi connectivity index (χ1) is 9.92. The second-order valence-electron chi connectivity index (χ2n) is 5.12. The van der Waals surface area contributed by atoms with Crippen LogP contribution in [0.5, 0.6) is 5.75 Å². The summed E-state index contributed by atoms with van der Waals surface area (Å²) in [6.07, 6.45) is 0.784. The largest absolute Gasteiger partial charge is 0.496 e. The number of ether oxygens (including phenoxy) is 1. The third-order valence-corrected chi connectivity index (χ3v) is 4.69. The lowest BCUT2D eigenvalue weighted by molar-refractivity contribution is 0.412. The minimum Gasteiger partial charge on any atom is -0.496 e. The third-order valence-electron chi connectivity index (χ3n) is 2.96. The average Bonchev–Trinajstić information content (AvgIpc) is 2.43. The van der Waals surface area contributed by atoms with E-state index in [0.717, 1.165) is 27.9 Å². The van der Waals surface area contributed by atoms with E-state index in [2.05, 4.69) is 62.3 Å². The first-order valence-electron chi connectivity index (χ1n) is 6.55. The van der Waals surface area contributed by atoms with E-state index in [1.54, 1.807) is 7.11 Å². The molecule has 6 heteroatoms. The van der Waals surface area contributed by atoms with Crippen molar-refractivity contribution in [1.29, 1.82) is 0 Å². The third kappa shape index (κ3) is 3.85. The van der Waals surface area contributed by atoms with Crippen molar-refractivity contribution in [2.24, 2.45) is 5.92 Å². The van der Waals surface area contributed by atoms with Gasteiger partial charge in [0, 0.05) is 5.56 Å². The van der Waals surface area contributed by atoms with Crippen LogP contribution in [0.4, 0.5) is 0 Å². The number of hydrogen-bond acceptors (Lipinski definition) is 3. The topological polar surface area (TPSA) is 55.0 Å². The Kier molecular flexibility index (Phi) is 5.43. The molecule has 0 aliphatic heterocycles. The van der Waals surface area contributed by atoms with Crippen LogP contribution in [0.3, 0.4) is 0 Å². The van der Waals surface area contributed by atoms with Crippen LogP contribution >= 0.6 is 38.5 Å². The lowest BCUT2D eigenvalue weighted by Crippen LogP contribution is -2.17. The van der Waals surface area contributed by atoms with Gasteiger partial charge in [0.1, 0.15) is 11.6 Å². The van der Waals surface area contributed by atoms with Crippen molar-refractivity contribution in [2.45, 2.75) is 20.3 Å². The van der Waals surface area contributed by atoms with Gasteiger partial charge in [-0.15, -0.1) is 0 Å². The molecule has 0 spiro atoms. The number of aromatic nitrogens is 2. The summed E-state index contributed by atoms with van der Waals surface area (Å²) in [6.45, 7) is 4.23. The zero-order chi connectivity index (χ0) is 15.6. The molecule has 2 rings (SSSR count). The molecule has 0 saturated heterocycles. The van der Waals surface area contributed by atoms with Crippen LogP contribution in [0, 0.1) is 9.49 Å². The summed E-state index contributed by atoms with van der Waals surface area (Å²) in [7, 11) is 1.62. The maximum Gasteiger partial charge on any atom is 0.264 e. The molecule has 0 aliphatic carbocycles. The van der Waals surface area contributed by atoms with Gasteiger partial charge in [-0.2, -0.15) is 0 Å². The highest BCUT2D eigenvalue weighted by Gasteiger charge is 2.12. The molecule has 1 N–H and O–H groups in total. The van der Waals surface area contributed by atoms with Gasteiger partial charge in [0.05, 0.1) is 20.8 Å². The summed E-state index contributed by atoms with van der Waals surface area (Å²) in [4.78, 5) is 19.5. The molecular weight excluding hydrogens is 447 g/mol. The average molecular weight is 463 g/mol. The number of hydrogen-bond donors (Lipinski definition) is 1. The van der Waals surface area contributed by atoms with Crippen molar-refractivity contribution < 1.29 is 4.74 Å². The van der Waals surface area contributed by atoms with Crippen LogP contribution in [-0.2, 0) is 6.42 Å². The number of nitrogens with zero attached hydrogens (tertiary/aromatic N) is 1. The van der Waals surface area contributed by atoms with Gasteiger partial charge in [0.25, 0.3) is 5.56 Å². The summed E-state index contributed by atoms with van der Waals surface area (Å²) in [6, 6.07) is 5.62. The summed E-state index contributed by atoms with van der Waals surface area (Å²) in [5, 5.41) is 0. The SMILES string of the molecule is COc1ccc(-c2nc(CC(C)C)c(I)c(=O)[nH]2)cc1Br. The molecule has 1 aromatic carbocycles. The maximum absolute atomic E-state index is 12.1. The lowest BCUT2D eigenvalue weighted by atomic mass is 10.1. The predicted molar refractivity (Wildman–Crippen MR) is 95.8 cm³/mol. The number of H-pyrrole nitrogens is 1. The van der Waals surface area contributed by atoms with Crippen molar-refractivity contribution in [3.05, 3.63) is 42.3 Å². The maximum atomic E-state index is 12.1. The van der Waals surface area contributed by atoms with Gasteiger partial charge in [-0.05, 0) is 69.1 Å². The monoisotopic (exact) mass is 462 g/mol. The Morgan fingerprint density at radius 2 is 2.14 bits per heavy atom. The van der Waals surface area contributed by atoms with Gasteiger partial charge in [-0.25, -0.2) is 4.98 Å². The van der Waals surface area contributed by atoms with E-state index in [0.29, 0.717) is 15.3 Å². The van der Waals surface area contributed by atoms with Crippen molar-refractivity contribution in [1.82, 2.24) is 9.97 Å². The first kappa shape index (κ1) is 16.5. The Morgan fingerprint density at radius 1 is 1.43 bits per heavy atom. The van der Waals surface area contributed by atoms with Crippen molar-refractivity contribution >= 4 is 38.5 Å². The number of benzene rings is 1. The van der Waals surface area contributed by atoms with Crippen LogP contribution in [0.15, 0.2) is 27.5 Å². The summed E-state index contributed by atoms with van der Waals surface area (Å²) in [5.41, 5.74) is 1.60. The number of aromatic amines is 1. The summed E-state index contributed by atoms with van der Waals surface area (Å²) >= 11 is 5.51. The second-order valence-corrected chi connectivity index (χ2v) is 7.06. The standard InChI is InChI=1S/C15H16BrIN2O2/c1-8(2)6-11-13(17)15(20)19-14(18-11)9-4-5-12(21-3)10(16)7-9/h4-5,7-8H,6H2,1-3H3,(H,18,19,20). The van der Waals surface area contributed by atoms with Gasteiger partial charge >= 0.3 is 0 Å². The highest BCUT2D eigenvalue weighted by Crippen LogP contribution is 2.29. The van der Waals surface area contributed by atoms with Crippen LogP contribution in [0.2, 0.25) is 0 Å². The van der Waals surface area contributed by atoms with Crippen LogP contribution in [0.1, 0.15) is 19.5 Å². The van der Waals surface area contributed by atoms with Gasteiger partial charge in [0.15, 0.2) is 0 Å². The second kappa shape index (κ2) is 6.91.